The van der Waals surface area contributed by atoms with E-state index in [1.807, 2.05) is 28.5 Å². The van der Waals surface area contributed by atoms with E-state index in [-0.39, 0.29) is 11.8 Å². The fraction of sp³-hybridized carbons (Fsp3) is 0.333. The number of para-hydroxylation sites is 1. The lowest BCUT2D eigenvalue weighted by atomic mass is 10.0. The van der Waals surface area contributed by atoms with E-state index in [1.54, 1.807) is 12.1 Å². The third-order valence-electron chi connectivity index (χ3n) is 5.33. The summed E-state index contributed by atoms with van der Waals surface area (Å²) in [5, 5.41) is 7.51. The number of urea groups is 1. The summed E-state index contributed by atoms with van der Waals surface area (Å²) >= 11 is 1.47. The monoisotopic (exact) mass is 430 g/mol. The molecule has 1 unspecified atom stereocenters. The number of nitrogens with one attached hydrogen (secondary N) is 2. The molecule has 4 rings (SSSR count). The van der Waals surface area contributed by atoms with Gasteiger partial charge < -0.3 is 20.3 Å². The highest BCUT2D eigenvalue weighted by Crippen LogP contribution is 2.31. The largest absolute Gasteiger partial charge is 0.466 e. The number of methoxy groups -OCH3 is 1. The van der Waals surface area contributed by atoms with Crippen molar-refractivity contribution in [3.63, 3.8) is 0 Å². The van der Waals surface area contributed by atoms with Crippen molar-refractivity contribution in [3.05, 3.63) is 63.7 Å². The van der Waals surface area contributed by atoms with E-state index in [0.29, 0.717) is 49.7 Å². The summed E-state index contributed by atoms with van der Waals surface area (Å²) in [7, 11) is 1.34. The molecule has 7 nitrogen and oxygen atoms in total. The third kappa shape index (κ3) is 4.17. The minimum absolute atomic E-state index is 0.231. The Labute approximate surface area is 178 Å². The van der Waals surface area contributed by atoms with Gasteiger partial charge in [-0.05, 0) is 23.6 Å². The Hall–Kier alpha value is -2.91. The molecule has 0 radical (unpaired) electrons. The van der Waals surface area contributed by atoms with Crippen molar-refractivity contribution in [1.29, 1.82) is 0 Å². The number of carbonyl (C=O) groups excluding carboxylic acids is 2. The van der Waals surface area contributed by atoms with Gasteiger partial charge in [0.15, 0.2) is 0 Å². The molecular weight excluding hydrogens is 407 g/mol. The Bertz CT molecular complexity index is 955. The summed E-state index contributed by atoms with van der Waals surface area (Å²) in [6.45, 7) is 3.08. The number of esters is 1. The van der Waals surface area contributed by atoms with Gasteiger partial charge in [-0.3, -0.25) is 4.90 Å². The van der Waals surface area contributed by atoms with Crippen molar-refractivity contribution < 1.29 is 18.7 Å². The molecule has 9 heteroatoms. The lowest BCUT2D eigenvalue weighted by Gasteiger charge is -2.37. The van der Waals surface area contributed by atoms with E-state index >= 15 is 0 Å². The van der Waals surface area contributed by atoms with E-state index < -0.39 is 12.0 Å². The number of rotatable bonds is 5. The molecule has 0 spiro atoms. The lowest BCUT2D eigenvalue weighted by Crippen LogP contribution is -2.51. The highest BCUT2D eigenvalue weighted by molar-refractivity contribution is 7.10. The van der Waals surface area contributed by atoms with Crippen molar-refractivity contribution in [1.82, 2.24) is 15.5 Å². The molecule has 1 atom stereocenters. The molecule has 0 bridgehead atoms. The van der Waals surface area contributed by atoms with E-state index in [0.717, 1.165) is 4.88 Å². The molecule has 2 amide bonds. The number of nitrogens with zero attached hydrogens (tertiary/aromatic N) is 2. The first-order chi connectivity index (χ1) is 14.6. The summed E-state index contributed by atoms with van der Waals surface area (Å²) in [6.07, 6.45) is 0. The van der Waals surface area contributed by atoms with Crippen LogP contribution >= 0.6 is 11.3 Å². The Morgan fingerprint density at radius 1 is 1.20 bits per heavy atom. The Kier molecular flexibility index (Phi) is 6.01. The zero-order valence-corrected chi connectivity index (χ0v) is 17.4. The number of piperazine rings is 1. The van der Waals surface area contributed by atoms with Gasteiger partial charge in [0, 0.05) is 43.3 Å². The number of ether oxygens (including phenoxy) is 1. The fourth-order valence-electron chi connectivity index (χ4n) is 3.84. The van der Waals surface area contributed by atoms with Crippen LogP contribution < -0.4 is 15.5 Å². The maximum absolute atomic E-state index is 14.1. The first-order valence-electron chi connectivity index (χ1n) is 9.71. The van der Waals surface area contributed by atoms with Gasteiger partial charge in [-0.1, -0.05) is 18.2 Å². The number of benzene rings is 1. The molecule has 2 aromatic rings. The van der Waals surface area contributed by atoms with Crippen LogP contribution in [0, 0.1) is 5.82 Å². The molecule has 2 aliphatic heterocycles. The van der Waals surface area contributed by atoms with Crippen LogP contribution in [-0.4, -0.2) is 56.7 Å². The van der Waals surface area contributed by atoms with Gasteiger partial charge in [0.2, 0.25) is 0 Å². The second kappa shape index (κ2) is 8.85. The molecule has 1 fully saturated rings. The maximum atomic E-state index is 14.1. The molecule has 30 heavy (non-hydrogen) atoms. The third-order valence-corrected chi connectivity index (χ3v) is 6.27. The van der Waals surface area contributed by atoms with Crippen LogP contribution in [0.1, 0.15) is 10.9 Å². The number of thiophene rings is 1. The first kappa shape index (κ1) is 20.4. The second-order valence-corrected chi connectivity index (χ2v) is 8.12. The molecule has 158 valence electrons. The SMILES string of the molecule is COC(=O)C1=C(CN2CCN(c3ccccc3F)CC2)NC(=O)NC1c1cccs1. The highest BCUT2D eigenvalue weighted by Gasteiger charge is 2.35. The number of carbonyl (C=O) groups is 2. The fourth-order valence-corrected chi connectivity index (χ4v) is 4.63. The number of anilines is 1. The van der Waals surface area contributed by atoms with Gasteiger partial charge in [0.25, 0.3) is 0 Å². The van der Waals surface area contributed by atoms with Crippen molar-refractivity contribution in [2.24, 2.45) is 0 Å². The number of hydrogen-bond donors (Lipinski definition) is 2. The molecular formula is C21H23FN4O3S. The van der Waals surface area contributed by atoms with Gasteiger partial charge in [-0.2, -0.15) is 0 Å². The minimum atomic E-state index is -0.541. The van der Waals surface area contributed by atoms with E-state index in [4.69, 9.17) is 4.74 Å². The van der Waals surface area contributed by atoms with Gasteiger partial charge in [-0.25, -0.2) is 14.0 Å². The molecule has 1 aromatic heterocycles. The van der Waals surface area contributed by atoms with Gasteiger partial charge in [0.1, 0.15) is 5.82 Å². The van der Waals surface area contributed by atoms with Crippen molar-refractivity contribution in [2.75, 3.05) is 44.7 Å². The van der Waals surface area contributed by atoms with Crippen molar-refractivity contribution in [3.8, 4) is 0 Å². The topological polar surface area (TPSA) is 73.9 Å². The van der Waals surface area contributed by atoms with Gasteiger partial charge in [-0.15, -0.1) is 11.3 Å². The van der Waals surface area contributed by atoms with Crippen LogP contribution in [0.25, 0.3) is 0 Å². The molecule has 1 aromatic carbocycles. The summed E-state index contributed by atoms with van der Waals surface area (Å²) in [5.74, 6) is -0.702. The van der Waals surface area contributed by atoms with Crippen LogP contribution in [0.15, 0.2) is 53.0 Å². The van der Waals surface area contributed by atoms with Crippen LogP contribution in [0.3, 0.4) is 0 Å². The standard InChI is InChI=1S/C21H23FN4O3S/c1-29-20(27)18-15(23-21(28)24-19(18)17-7-4-12-30-17)13-25-8-10-26(11-9-25)16-6-3-2-5-14(16)22/h2-7,12,19H,8-11,13H2,1H3,(H2,23,24,28). The number of amides is 2. The van der Waals surface area contributed by atoms with Crippen LogP contribution in [0.4, 0.5) is 14.9 Å². The molecule has 2 aliphatic rings. The van der Waals surface area contributed by atoms with Crippen molar-refractivity contribution >= 4 is 29.0 Å². The van der Waals surface area contributed by atoms with Gasteiger partial charge in [0.05, 0.1) is 24.4 Å². The summed E-state index contributed by atoms with van der Waals surface area (Å²) in [5.41, 5.74) is 1.55. The van der Waals surface area contributed by atoms with Crippen LogP contribution in [0.2, 0.25) is 0 Å². The smallest absolute Gasteiger partial charge is 0.338 e. The summed E-state index contributed by atoms with van der Waals surface area (Å²) in [6, 6.07) is 9.63. The summed E-state index contributed by atoms with van der Waals surface area (Å²) in [4.78, 5) is 29.9. The minimum Gasteiger partial charge on any atom is -0.466 e. The van der Waals surface area contributed by atoms with Crippen molar-refractivity contribution in [2.45, 2.75) is 6.04 Å². The summed E-state index contributed by atoms with van der Waals surface area (Å²) < 4.78 is 19.1. The molecule has 0 aliphatic carbocycles. The van der Waals surface area contributed by atoms with E-state index in [9.17, 15) is 14.0 Å². The number of hydrogen-bond acceptors (Lipinski definition) is 6. The highest BCUT2D eigenvalue weighted by atomic mass is 32.1. The predicted octanol–water partition coefficient (Wildman–Crippen LogP) is 2.49. The average Bonchev–Trinajstić information content (AvgIpc) is 3.29. The molecule has 2 N–H and O–H groups in total. The predicted molar refractivity (Wildman–Crippen MR) is 113 cm³/mol. The molecule has 3 heterocycles. The first-order valence-corrected chi connectivity index (χ1v) is 10.6. The Balaban J connectivity index is 1.52. The van der Waals surface area contributed by atoms with Crippen LogP contribution in [-0.2, 0) is 9.53 Å². The lowest BCUT2D eigenvalue weighted by molar-refractivity contribution is -0.136. The quantitative estimate of drug-likeness (QED) is 0.713. The van der Waals surface area contributed by atoms with Gasteiger partial charge >= 0.3 is 12.0 Å². The zero-order chi connectivity index (χ0) is 21.1. The van der Waals surface area contributed by atoms with E-state index in [1.165, 1.54) is 24.5 Å². The zero-order valence-electron chi connectivity index (χ0n) is 16.6. The normalized spacial score (nSPS) is 20.0. The Morgan fingerprint density at radius 3 is 2.63 bits per heavy atom. The number of halogens is 1. The van der Waals surface area contributed by atoms with E-state index in [2.05, 4.69) is 15.5 Å². The molecule has 0 saturated carbocycles. The molecule has 1 saturated heterocycles. The maximum Gasteiger partial charge on any atom is 0.338 e. The Morgan fingerprint density at radius 2 is 1.97 bits per heavy atom. The van der Waals surface area contributed by atoms with Crippen LogP contribution in [0.5, 0.6) is 0 Å². The second-order valence-electron chi connectivity index (χ2n) is 7.15. The average molecular weight is 431 g/mol.